The molecular formula is C14H17NO3. The second-order valence-corrected chi connectivity index (χ2v) is 4.44. The average molecular weight is 247 g/mol. The molecule has 2 aromatic rings. The lowest BCUT2D eigenvalue weighted by Crippen LogP contribution is -2.20. The summed E-state index contributed by atoms with van der Waals surface area (Å²) in [4.78, 5) is 0. The van der Waals surface area contributed by atoms with Crippen molar-refractivity contribution in [2.45, 2.75) is 12.5 Å². The minimum atomic E-state index is 0.0820. The first kappa shape index (κ1) is 11.6. The topological polar surface area (TPSA) is 43.6 Å². The van der Waals surface area contributed by atoms with Crippen molar-refractivity contribution in [1.29, 1.82) is 0 Å². The molecule has 1 saturated heterocycles. The van der Waals surface area contributed by atoms with Crippen molar-refractivity contribution in [1.82, 2.24) is 5.32 Å². The van der Waals surface area contributed by atoms with E-state index in [1.807, 2.05) is 12.1 Å². The fourth-order valence-electron chi connectivity index (χ4n) is 2.41. The van der Waals surface area contributed by atoms with Crippen LogP contribution in [-0.4, -0.2) is 26.8 Å². The predicted octanol–water partition coefficient (Wildman–Crippen LogP) is 2.49. The highest BCUT2D eigenvalue weighted by atomic mass is 16.5. The van der Waals surface area contributed by atoms with E-state index in [2.05, 4.69) is 11.4 Å². The van der Waals surface area contributed by atoms with Gasteiger partial charge in [-0.3, -0.25) is 0 Å². The molecule has 96 valence electrons. The van der Waals surface area contributed by atoms with Gasteiger partial charge in [-0.2, -0.15) is 0 Å². The zero-order valence-corrected chi connectivity index (χ0v) is 10.4. The Balaban J connectivity index is 2.03. The molecule has 0 aliphatic carbocycles. The van der Waals surface area contributed by atoms with Gasteiger partial charge in [0, 0.05) is 18.5 Å². The number of ether oxygens (including phenoxy) is 2. The molecule has 0 radical (unpaired) electrons. The van der Waals surface area contributed by atoms with Crippen LogP contribution in [0.4, 0.5) is 0 Å². The molecular weight excluding hydrogens is 230 g/mol. The van der Waals surface area contributed by atoms with Crippen LogP contribution in [0.3, 0.4) is 0 Å². The van der Waals surface area contributed by atoms with E-state index in [1.54, 1.807) is 13.4 Å². The van der Waals surface area contributed by atoms with E-state index in [0.717, 1.165) is 48.4 Å². The molecule has 0 spiro atoms. The highest BCUT2D eigenvalue weighted by molar-refractivity contribution is 5.86. The van der Waals surface area contributed by atoms with Crippen LogP contribution in [0.2, 0.25) is 0 Å². The van der Waals surface area contributed by atoms with E-state index in [-0.39, 0.29) is 6.10 Å². The van der Waals surface area contributed by atoms with Gasteiger partial charge in [0.25, 0.3) is 0 Å². The lowest BCUT2D eigenvalue weighted by atomic mass is 10.0. The van der Waals surface area contributed by atoms with Crippen LogP contribution in [-0.2, 0) is 4.74 Å². The number of hydrogen-bond acceptors (Lipinski definition) is 4. The smallest absolute Gasteiger partial charge is 0.176 e. The third-order valence-electron chi connectivity index (χ3n) is 3.33. The van der Waals surface area contributed by atoms with Gasteiger partial charge in [0.15, 0.2) is 11.3 Å². The summed E-state index contributed by atoms with van der Waals surface area (Å²) in [6, 6.07) is 5.98. The second kappa shape index (κ2) is 5.00. The first-order valence-electron chi connectivity index (χ1n) is 6.26. The molecule has 0 amide bonds. The lowest BCUT2D eigenvalue weighted by Gasteiger charge is -2.16. The van der Waals surface area contributed by atoms with Gasteiger partial charge in [-0.05, 0) is 30.7 Å². The maximum atomic E-state index is 5.90. The Morgan fingerprint density at radius 1 is 1.33 bits per heavy atom. The fourth-order valence-corrected chi connectivity index (χ4v) is 2.41. The summed E-state index contributed by atoms with van der Waals surface area (Å²) in [6.45, 7) is 2.65. The van der Waals surface area contributed by atoms with Crippen molar-refractivity contribution in [2.24, 2.45) is 0 Å². The molecule has 1 fully saturated rings. The summed E-state index contributed by atoms with van der Waals surface area (Å²) < 4.78 is 16.7. The van der Waals surface area contributed by atoms with Crippen LogP contribution < -0.4 is 10.1 Å². The second-order valence-electron chi connectivity index (χ2n) is 4.44. The van der Waals surface area contributed by atoms with Crippen molar-refractivity contribution in [3.05, 3.63) is 30.0 Å². The van der Waals surface area contributed by atoms with E-state index >= 15 is 0 Å². The van der Waals surface area contributed by atoms with Crippen LogP contribution >= 0.6 is 0 Å². The van der Waals surface area contributed by atoms with Gasteiger partial charge in [-0.1, -0.05) is 6.07 Å². The molecule has 1 aromatic heterocycles. The quantitative estimate of drug-likeness (QED) is 0.885. The summed E-state index contributed by atoms with van der Waals surface area (Å²) in [6.07, 6.45) is 2.83. The Morgan fingerprint density at radius 3 is 3.17 bits per heavy atom. The lowest BCUT2D eigenvalue weighted by molar-refractivity contribution is 0.0678. The molecule has 18 heavy (non-hydrogen) atoms. The fraction of sp³-hybridized carbons (Fsp3) is 0.429. The monoisotopic (exact) mass is 247 g/mol. The van der Waals surface area contributed by atoms with E-state index in [1.165, 1.54) is 0 Å². The molecule has 1 unspecified atom stereocenters. The minimum Gasteiger partial charge on any atom is -0.493 e. The largest absolute Gasteiger partial charge is 0.493 e. The highest BCUT2D eigenvalue weighted by Gasteiger charge is 2.19. The van der Waals surface area contributed by atoms with Crippen molar-refractivity contribution in [3.8, 4) is 5.75 Å². The summed E-state index contributed by atoms with van der Waals surface area (Å²) in [5, 5.41) is 4.47. The highest BCUT2D eigenvalue weighted by Crippen LogP contribution is 2.33. The van der Waals surface area contributed by atoms with E-state index in [4.69, 9.17) is 13.9 Å². The Kier molecular flexibility index (Phi) is 3.21. The van der Waals surface area contributed by atoms with Gasteiger partial charge >= 0.3 is 0 Å². The molecule has 3 rings (SSSR count). The van der Waals surface area contributed by atoms with E-state index < -0.39 is 0 Å². The molecule has 0 saturated carbocycles. The average Bonchev–Trinajstić information content (AvgIpc) is 2.73. The van der Waals surface area contributed by atoms with Crippen molar-refractivity contribution < 1.29 is 13.9 Å². The summed E-state index contributed by atoms with van der Waals surface area (Å²) in [5.74, 6) is 0.764. The van der Waals surface area contributed by atoms with Crippen LogP contribution in [0, 0.1) is 0 Å². The molecule has 4 heteroatoms. The maximum absolute atomic E-state index is 5.90. The van der Waals surface area contributed by atoms with Crippen molar-refractivity contribution >= 4 is 11.0 Å². The number of rotatable bonds is 2. The molecule has 4 nitrogen and oxygen atoms in total. The zero-order chi connectivity index (χ0) is 12.4. The normalized spacial score (nSPS) is 20.8. The van der Waals surface area contributed by atoms with Gasteiger partial charge in [0.1, 0.15) is 0 Å². The number of nitrogens with one attached hydrogen (secondary N) is 1. The predicted molar refractivity (Wildman–Crippen MR) is 68.9 cm³/mol. The Labute approximate surface area is 106 Å². The van der Waals surface area contributed by atoms with E-state index in [9.17, 15) is 0 Å². The first-order chi connectivity index (χ1) is 8.90. The number of benzene rings is 1. The van der Waals surface area contributed by atoms with Gasteiger partial charge in [-0.25, -0.2) is 0 Å². The van der Waals surface area contributed by atoms with Crippen LogP contribution in [0.25, 0.3) is 11.0 Å². The Morgan fingerprint density at radius 2 is 2.28 bits per heavy atom. The minimum absolute atomic E-state index is 0.0820. The number of methoxy groups -OCH3 is 1. The van der Waals surface area contributed by atoms with Gasteiger partial charge in [0.05, 0.1) is 19.5 Å². The summed E-state index contributed by atoms with van der Waals surface area (Å²) in [5.41, 5.74) is 1.96. The van der Waals surface area contributed by atoms with Crippen molar-refractivity contribution in [2.75, 3.05) is 26.8 Å². The Hall–Kier alpha value is -1.52. The molecule has 2 heterocycles. The van der Waals surface area contributed by atoms with Gasteiger partial charge in [0.2, 0.25) is 0 Å². The van der Waals surface area contributed by atoms with Gasteiger partial charge in [-0.15, -0.1) is 0 Å². The van der Waals surface area contributed by atoms with E-state index in [0.29, 0.717) is 0 Å². The third-order valence-corrected chi connectivity index (χ3v) is 3.33. The third kappa shape index (κ3) is 1.98. The molecule has 0 bridgehead atoms. The van der Waals surface area contributed by atoms with Crippen LogP contribution in [0.15, 0.2) is 28.9 Å². The van der Waals surface area contributed by atoms with Crippen LogP contribution in [0.5, 0.6) is 5.75 Å². The van der Waals surface area contributed by atoms with Gasteiger partial charge < -0.3 is 19.2 Å². The maximum Gasteiger partial charge on any atom is 0.176 e. The number of furan rings is 1. The molecule has 1 N–H and O–H groups in total. The summed E-state index contributed by atoms with van der Waals surface area (Å²) in [7, 11) is 1.65. The number of fused-ring (bicyclic) bond motifs is 1. The van der Waals surface area contributed by atoms with Crippen molar-refractivity contribution in [3.63, 3.8) is 0 Å². The molecule has 1 aliphatic rings. The zero-order valence-electron chi connectivity index (χ0n) is 10.4. The Bertz CT molecular complexity index is 527. The first-order valence-corrected chi connectivity index (χ1v) is 6.26. The SMILES string of the molecule is COc1ccc(C2CNCCCO2)c2ccoc12. The molecule has 1 atom stereocenters. The summed E-state index contributed by atoms with van der Waals surface area (Å²) >= 11 is 0. The number of hydrogen-bond donors (Lipinski definition) is 1. The standard InChI is InChI=1S/C14H17NO3/c1-16-12-4-3-10(11-5-8-18-14(11)12)13-9-15-6-2-7-17-13/h3-5,8,13,15H,2,6-7,9H2,1H3. The molecule has 1 aliphatic heterocycles. The molecule has 1 aromatic carbocycles. The van der Waals surface area contributed by atoms with Crippen LogP contribution in [0.1, 0.15) is 18.1 Å².